The highest BCUT2D eigenvalue weighted by atomic mass is 16.5. The van der Waals surface area contributed by atoms with Gasteiger partial charge in [-0.05, 0) is 43.2 Å². The molecule has 0 saturated carbocycles. The molecule has 0 bridgehead atoms. The Balaban J connectivity index is 2.41. The van der Waals surface area contributed by atoms with E-state index in [2.05, 4.69) is 17.5 Å². The first-order valence-corrected chi connectivity index (χ1v) is 7.15. The molecule has 0 radical (unpaired) electrons. The molecule has 4 nitrogen and oxygen atoms in total. The van der Waals surface area contributed by atoms with Gasteiger partial charge in [-0.25, -0.2) is 5.43 Å². The number of unbranched alkanes of at least 4 members (excludes halogenated alkanes) is 3. The van der Waals surface area contributed by atoms with Crippen LogP contribution in [0.3, 0.4) is 0 Å². The second-order valence-corrected chi connectivity index (χ2v) is 4.77. The lowest BCUT2D eigenvalue weighted by molar-refractivity contribution is -0.121. The average molecular weight is 276 g/mol. The SMILES string of the molecule is CCCCCCC(=O)N/N=C(\C)c1ccc(OC)cc1. The predicted molar refractivity (Wildman–Crippen MR) is 82.1 cm³/mol. The molecule has 4 heteroatoms. The minimum absolute atomic E-state index is 0.0195. The summed E-state index contributed by atoms with van der Waals surface area (Å²) in [5.74, 6) is 0.787. The standard InChI is InChI=1S/C16H24N2O2/c1-4-5-6-7-8-16(19)18-17-13(2)14-9-11-15(20-3)12-10-14/h9-12H,4-8H2,1-3H3,(H,18,19)/b17-13+. The zero-order valence-corrected chi connectivity index (χ0v) is 12.6. The molecule has 1 amide bonds. The number of nitrogens with zero attached hydrogens (tertiary/aromatic N) is 1. The van der Waals surface area contributed by atoms with Crippen molar-refractivity contribution in [2.45, 2.75) is 46.0 Å². The minimum Gasteiger partial charge on any atom is -0.497 e. The summed E-state index contributed by atoms with van der Waals surface area (Å²) >= 11 is 0. The number of hydrogen-bond donors (Lipinski definition) is 1. The lowest BCUT2D eigenvalue weighted by Gasteiger charge is -2.04. The smallest absolute Gasteiger partial charge is 0.240 e. The van der Waals surface area contributed by atoms with E-state index in [1.807, 2.05) is 31.2 Å². The Morgan fingerprint density at radius 3 is 2.50 bits per heavy atom. The van der Waals surface area contributed by atoms with Crippen LogP contribution in [0.25, 0.3) is 0 Å². The summed E-state index contributed by atoms with van der Waals surface area (Å²) in [5.41, 5.74) is 4.36. The van der Waals surface area contributed by atoms with Crippen molar-refractivity contribution in [3.05, 3.63) is 29.8 Å². The number of hydrazone groups is 1. The van der Waals surface area contributed by atoms with Crippen LogP contribution in [0.15, 0.2) is 29.4 Å². The van der Waals surface area contributed by atoms with Gasteiger partial charge in [0.1, 0.15) is 5.75 Å². The molecular formula is C16H24N2O2. The van der Waals surface area contributed by atoms with Gasteiger partial charge in [0.15, 0.2) is 0 Å². The normalized spacial score (nSPS) is 11.2. The van der Waals surface area contributed by atoms with E-state index in [0.29, 0.717) is 6.42 Å². The predicted octanol–water partition coefficient (Wildman–Crippen LogP) is 3.51. The fraction of sp³-hybridized carbons (Fsp3) is 0.500. The Hall–Kier alpha value is -1.84. The Kier molecular flexibility index (Phi) is 7.40. The van der Waals surface area contributed by atoms with Gasteiger partial charge in [0.25, 0.3) is 0 Å². The number of benzene rings is 1. The van der Waals surface area contributed by atoms with Gasteiger partial charge in [-0.3, -0.25) is 4.79 Å². The number of amides is 1. The van der Waals surface area contributed by atoms with Gasteiger partial charge < -0.3 is 4.74 Å². The maximum atomic E-state index is 11.6. The van der Waals surface area contributed by atoms with E-state index in [1.165, 1.54) is 12.8 Å². The van der Waals surface area contributed by atoms with Crippen molar-refractivity contribution < 1.29 is 9.53 Å². The van der Waals surface area contributed by atoms with Gasteiger partial charge in [-0.2, -0.15) is 5.10 Å². The van der Waals surface area contributed by atoms with Gasteiger partial charge in [-0.1, -0.05) is 26.2 Å². The topological polar surface area (TPSA) is 50.7 Å². The first-order chi connectivity index (χ1) is 9.67. The zero-order chi connectivity index (χ0) is 14.8. The summed E-state index contributed by atoms with van der Waals surface area (Å²) in [5, 5.41) is 4.13. The molecule has 0 atom stereocenters. The van der Waals surface area contributed by atoms with Crippen molar-refractivity contribution in [2.24, 2.45) is 5.10 Å². The van der Waals surface area contributed by atoms with Crippen LogP contribution in [0, 0.1) is 0 Å². The van der Waals surface area contributed by atoms with Gasteiger partial charge >= 0.3 is 0 Å². The molecule has 1 rings (SSSR count). The van der Waals surface area contributed by atoms with Crippen molar-refractivity contribution in [1.82, 2.24) is 5.43 Å². The molecule has 0 fully saturated rings. The lowest BCUT2D eigenvalue weighted by Crippen LogP contribution is -2.18. The summed E-state index contributed by atoms with van der Waals surface area (Å²) < 4.78 is 5.10. The van der Waals surface area contributed by atoms with Crippen LogP contribution >= 0.6 is 0 Å². The van der Waals surface area contributed by atoms with Crippen LogP contribution in [0.5, 0.6) is 5.75 Å². The van der Waals surface area contributed by atoms with Crippen LogP contribution in [0.1, 0.15) is 51.5 Å². The molecule has 0 saturated heterocycles. The Morgan fingerprint density at radius 1 is 1.20 bits per heavy atom. The molecular weight excluding hydrogens is 252 g/mol. The quantitative estimate of drug-likeness (QED) is 0.449. The van der Waals surface area contributed by atoms with Crippen LogP contribution in [-0.4, -0.2) is 18.7 Å². The second kappa shape index (κ2) is 9.13. The molecule has 110 valence electrons. The molecule has 1 N–H and O–H groups in total. The summed E-state index contributed by atoms with van der Waals surface area (Å²) in [6.45, 7) is 4.03. The van der Waals surface area contributed by atoms with E-state index in [1.54, 1.807) is 7.11 Å². The highest BCUT2D eigenvalue weighted by Crippen LogP contribution is 2.11. The number of ether oxygens (including phenoxy) is 1. The van der Waals surface area contributed by atoms with E-state index < -0.39 is 0 Å². The summed E-state index contributed by atoms with van der Waals surface area (Å²) in [7, 11) is 1.63. The molecule has 0 aliphatic rings. The number of nitrogens with one attached hydrogen (secondary N) is 1. The van der Waals surface area contributed by atoms with Crippen molar-refractivity contribution in [2.75, 3.05) is 7.11 Å². The molecule has 0 heterocycles. The highest BCUT2D eigenvalue weighted by molar-refractivity contribution is 5.99. The van der Waals surface area contributed by atoms with E-state index in [-0.39, 0.29) is 5.91 Å². The fourth-order valence-corrected chi connectivity index (χ4v) is 1.81. The third-order valence-electron chi connectivity index (χ3n) is 3.11. The molecule has 0 aliphatic heterocycles. The van der Waals surface area contributed by atoms with Gasteiger partial charge in [-0.15, -0.1) is 0 Å². The van der Waals surface area contributed by atoms with Crippen LogP contribution in [0.2, 0.25) is 0 Å². The Morgan fingerprint density at radius 2 is 1.90 bits per heavy atom. The van der Waals surface area contributed by atoms with Gasteiger partial charge in [0, 0.05) is 6.42 Å². The second-order valence-electron chi connectivity index (χ2n) is 4.77. The molecule has 1 aromatic carbocycles. The number of hydrogen-bond acceptors (Lipinski definition) is 3. The van der Waals surface area contributed by atoms with Crippen molar-refractivity contribution in [3.8, 4) is 5.75 Å². The van der Waals surface area contributed by atoms with E-state index in [0.717, 1.165) is 29.9 Å². The fourth-order valence-electron chi connectivity index (χ4n) is 1.81. The molecule has 1 aromatic rings. The van der Waals surface area contributed by atoms with Crippen molar-refractivity contribution in [3.63, 3.8) is 0 Å². The monoisotopic (exact) mass is 276 g/mol. The third-order valence-corrected chi connectivity index (χ3v) is 3.11. The molecule has 0 unspecified atom stereocenters. The number of carbonyl (C=O) groups excluding carboxylic acids is 1. The maximum absolute atomic E-state index is 11.6. The molecule has 0 aromatic heterocycles. The van der Waals surface area contributed by atoms with Gasteiger partial charge in [0.2, 0.25) is 5.91 Å². The number of rotatable bonds is 8. The van der Waals surface area contributed by atoms with Crippen LogP contribution < -0.4 is 10.2 Å². The minimum atomic E-state index is -0.0195. The van der Waals surface area contributed by atoms with Crippen LogP contribution in [-0.2, 0) is 4.79 Å². The van der Waals surface area contributed by atoms with E-state index >= 15 is 0 Å². The maximum Gasteiger partial charge on any atom is 0.240 e. The highest BCUT2D eigenvalue weighted by Gasteiger charge is 2.01. The summed E-state index contributed by atoms with van der Waals surface area (Å²) in [6, 6.07) is 7.60. The number of methoxy groups -OCH3 is 1. The number of carbonyl (C=O) groups is 1. The van der Waals surface area contributed by atoms with E-state index in [9.17, 15) is 4.79 Å². The Bertz CT molecular complexity index is 438. The largest absolute Gasteiger partial charge is 0.497 e. The first kappa shape index (κ1) is 16.2. The molecule has 0 spiro atoms. The molecule has 20 heavy (non-hydrogen) atoms. The average Bonchev–Trinajstić information content (AvgIpc) is 2.49. The third kappa shape index (κ3) is 5.87. The lowest BCUT2D eigenvalue weighted by atomic mass is 10.1. The summed E-state index contributed by atoms with van der Waals surface area (Å²) in [6.07, 6.45) is 4.93. The summed E-state index contributed by atoms with van der Waals surface area (Å²) in [4.78, 5) is 11.6. The first-order valence-electron chi connectivity index (χ1n) is 7.15. The van der Waals surface area contributed by atoms with Crippen molar-refractivity contribution in [1.29, 1.82) is 0 Å². The molecule has 0 aliphatic carbocycles. The Labute approximate surface area is 121 Å². The van der Waals surface area contributed by atoms with E-state index in [4.69, 9.17) is 4.74 Å². The van der Waals surface area contributed by atoms with Gasteiger partial charge in [0.05, 0.1) is 12.8 Å². The zero-order valence-electron chi connectivity index (χ0n) is 12.6. The van der Waals surface area contributed by atoms with Crippen molar-refractivity contribution >= 4 is 11.6 Å². The van der Waals surface area contributed by atoms with Crippen LogP contribution in [0.4, 0.5) is 0 Å².